The molecule has 2 heterocycles. The molecule has 2 rings (SSSR count). The summed E-state index contributed by atoms with van der Waals surface area (Å²) in [5.41, 5.74) is 9.30. The number of rotatable bonds is 2. The lowest BCUT2D eigenvalue weighted by Crippen LogP contribution is -2.11. The maximum absolute atomic E-state index is 5.66. The molecule has 0 amide bonds. The first kappa shape index (κ1) is 13.0. The molecular formula is C14H19N3S. The number of hydrogen-bond donors (Lipinski definition) is 1. The van der Waals surface area contributed by atoms with Crippen LogP contribution in [0.3, 0.4) is 0 Å². The predicted molar refractivity (Wildman–Crippen MR) is 77.0 cm³/mol. The van der Waals surface area contributed by atoms with E-state index in [1.165, 1.54) is 11.1 Å². The van der Waals surface area contributed by atoms with Gasteiger partial charge in [0, 0.05) is 23.4 Å². The van der Waals surface area contributed by atoms with Crippen LogP contribution >= 0.6 is 11.3 Å². The molecule has 0 aliphatic rings. The molecule has 2 aromatic rings. The Morgan fingerprint density at radius 1 is 1.33 bits per heavy atom. The highest BCUT2D eigenvalue weighted by Gasteiger charge is 2.17. The Morgan fingerprint density at radius 2 is 2.06 bits per heavy atom. The van der Waals surface area contributed by atoms with Crippen molar-refractivity contribution >= 4 is 17.2 Å². The maximum Gasteiger partial charge on any atom is 0.123 e. The second kappa shape index (κ2) is 4.69. The second-order valence-corrected chi connectivity index (χ2v) is 6.53. The highest BCUT2D eigenvalue weighted by molar-refractivity contribution is 7.09. The Bertz CT molecular complexity index is 552. The van der Waals surface area contributed by atoms with E-state index in [2.05, 4.69) is 38.1 Å². The summed E-state index contributed by atoms with van der Waals surface area (Å²) in [5, 5.41) is 3.28. The Hall–Kier alpha value is -1.42. The lowest BCUT2D eigenvalue weighted by Gasteiger charge is -2.14. The van der Waals surface area contributed by atoms with Crippen molar-refractivity contribution in [2.45, 2.75) is 39.5 Å². The topological polar surface area (TPSA) is 51.8 Å². The number of nitrogen functional groups attached to an aromatic ring is 1. The Kier molecular flexibility index (Phi) is 3.39. The zero-order valence-electron chi connectivity index (χ0n) is 11.3. The fraction of sp³-hybridized carbons (Fsp3) is 0.429. The number of pyridine rings is 1. The lowest BCUT2D eigenvalue weighted by atomic mass is 9.93. The Balaban J connectivity index is 2.21. The van der Waals surface area contributed by atoms with Crippen molar-refractivity contribution in [1.29, 1.82) is 0 Å². The summed E-state index contributed by atoms with van der Waals surface area (Å²) in [6.07, 6.45) is 2.68. The molecule has 18 heavy (non-hydrogen) atoms. The predicted octanol–water partition coefficient (Wildman–Crippen LogP) is 3.32. The van der Waals surface area contributed by atoms with Crippen LogP contribution in [0.15, 0.2) is 17.6 Å². The van der Waals surface area contributed by atoms with Crippen LogP contribution in [0.4, 0.5) is 5.82 Å². The fourth-order valence-corrected chi connectivity index (χ4v) is 2.73. The van der Waals surface area contributed by atoms with E-state index < -0.39 is 0 Å². The van der Waals surface area contributed by atoms with Crippen LogP contribution in [0.5, 0.6) is 0 Å². The average molecular weight is 261 g/mol. The molecule has 4 heteroatoms. The third-order valence-corrected chi connectivity index (χ3v) is 3.75. The number of hydrogen-bond acceptors (Lipinski definition) is 4. The summed E-state index contributed by atoms with van der Waals surface area (Å²) in [4.78, 5) is 8.85. The van der Waals surface area contributed by atoms with E-state index in [1.807, 2.05) is 12.3 Å². The summed E-state index contributed by atoms with van der Waals surface area (Å²) in [6.45, 7) is 8.61. The summed E-state index contributed by atoms with van der Waals surface area (Å²) in [7, 11) is 0. The van der Waals surface area contributed by atoms with Crippen LogP contribution in [-0.2, 0) is 11.8 Å². The van der Waals surface area contributed by atoms with Gasteiger partial charge in [-0.1, -0.05) is 20.8 Å². The van der Waals surface area contributed by atoms with Crippen molar-refractivity contribution in [3.8, 4) is 0 Å². The van der Waals surface area contributed by atoms with Gasteiger partial charge in [0.15, 0.2) is 0 Å². The van der Waals surface area contributed by atoms with Gasteiger partial charge in [-0.05, 0) is 24.1 Å². The van der Waals surface area contributed by atoms with Crippen molar-refractivity contribution in [2.75, 3.05) is 5.73 Å². The van der Waals surface area contributed by atoms with Crippen molar-refractivity contribution in [2.24, 2.45) is 0 Å². The van der Waals surface area contributed by atoms with Crippen LogP contribution in [-0.4, -0.2) is 9.97 Å². The molecule has 0 unspecified atom stereocenters. The second-order valence-electron chi connectivity index (χ2n) is 5.59. The van der Waals surface area contributed by atoms with E-state index >= 15 is 0 Å². The molecule has 0 fully saturated rings. The van der Waals surface area contributed by atoms with Crippen LogP contribution in [0.25, 0.3) is 0 Å². The largest absolute Gasteiger partial charge is 0.384 e. The monoisotopic (exact) mass is 261 g/mol. The number of aryl methyl sites for hydroxylation is 1. The molecule has 0 saturated carbocycles. The van der Waals surface area contributed by atoms with Gasteiger partial charge < -0.3 is 5.73 Å². The van der Waals surface area contributed by atoms with Gasteiger partial charge in [0.1, 0.15) is 5.82 Å². The first-order valence-electron chi connectivity index (χ1n) is 6.02. The van der Waals surface area contributed by atoms with Crippen LogP contribution in [0.2, 0.25) is 0 Å². The average Bonchev–Trinajstić information content (AvgIpc) is 2.70. The van der Waals surface area contributed by atoms with E-state index in [9.17, 15) is 0 Å². The standard InChI is InChI=1S/C14H19N3S/c1-9-5-12(15)16-7-10(9)6-13-17-11(8-18-13)14(2,3)4/h5,7-8H,6H2,1-4H3,(H2,15,16). The third kappa shape index (κ3) is 2.88. The minimum atomic E-state index is 0.114. The van der Waals surface area contributed by atoms with Gasteiger partial charge in [-0.2, -0.15) is 0 Å². The highest BCUT2D eigenvalue weighted by Crippen LogP contribution is 2.25. The Labute approximate surface area is 112 Å². The van der Waals surface area contributed by atoms with Crippen LogP contribution in [0, 0.1) is 6.92 Å². The zero-order valence-corrected chi connectivity index (χ0v) is 12.1. The van der Waals surface area contributed by atoms with Gasteiger partial charge in [-0.3, -0.25) is 0 Å². The smallest absolute Gasteiger partial charge is 0.123 e. The first-order valence-corrected chi connectivity index (χ1v) is 6.90. The number of nitrogens with two attached hydrogens (primary N) is 1. The Morgan fingerprint density at radius 3 is 2.61 bits per heavy atom. The molecule has 0 aromatic carbocycles. The van der Waals surface area contributed by atoms with E-state index in [4.69, 9.17) is 10.7 Å². The lowest BCUT2D eigenvalue weighted by molar-refractivity contribution is 0.571. The van der Waals surface area contributed by atoms with E-state index in [0.717, 1.165) is 17.1 Å². The van der Waals surface area contributed by atoms with Crippen molar-refractivity contribution in [3.05, 3.63) is 39.5 Å². The molecule has 0 saturated heterocycles. The van der Waals surface area contributed by atoms with E-state index in [-0.39, 0.29) is 5.41 Å². The summed E-state index contributed by atoms with van der Waals surface area (Å²) >= 11 is 1.71. The quantitative estimate of drug-likeness (QED) is 0.902. The molecule has 0 aliphatic heterocycles. The SMILES string of the molecule is Cc1cc(N)ncc1Cc1nc(C(C)(C)C)cs1. The van der Waals surface area contributed by atoms with Crippen LogP contribution in [0.1, 0.15) is 42.6 Å². The fourth-order valence-electron chi connectivity index (χ4n) is 1.69. The summed E-state index contributed by atoms with van der Waals surface area (Å²) in [6, 6.07) is 1.91. The molecule has 0 aliphatic carbocycles. The van der Waals surface area contributed by atoms with Gasteiger partial charge in [0.25, 0.3) is 0 Å². The van der Waals surface area contributed by atoms with Gasteiger partial charge in [-0.15, -0.1) is 11.3 Å². The molecule has 0 radical (unpaired) electrons. The number of nitrogens with zero attached hydrogens (tertiary/aromatic N) is 2. The normalized spacial score (nSPS) is 11.8. The van der Waals surface area contributed by atoms with Crippen molar-refractivity contribution in [1.82, 2.24) is 9.97 Å². The number of thiazole rings is 1. The third-order valence-electron chi connectivity index (χ3n) is 2.90. The van der Waals surface area contributed by atoms with Gasteiger partial charge in [0.05, 0.1) is 10.7 Å². The van der Waals surface area contributed by atoms with Crippen LogP contribution < -0.4 is 5.73 Å². The minimum absolute atomic E-state index is 0.114. The molecule has 0 spiro atoms. The molecule has 2 aromatic heterocycles. The minimum Gasteiger partial charge on any atom is -0.384 e. The highest BCUT2D eigenvalue weighted by atomic mass is 32.1. The zero-order chi connectivity index (χ0) is 13.3. The van der Waals surface area contributed by atoms with E-state index in [0.29, 0.717) is 5.82 Å². The molecule has 2 N–H and O–H groups in total. The summed E-state index contributed by atoms with van der Waals surface area (Å²) in [5.74, 6) is 0.575. The van der Waals surface area contributed by atoms with Crippen molar-refractivity contribution < 1.29 is 0 Å². The summed E-state index contributed by atoms with van der Waals surface area (Å²) < 4.78 is 0. The maximum atomic E-state index is 5.66. The number of aromatic nitrogens is 2. The first-order chi connectivity index (χ1) is 8.36. The molecular weight excluding hydrogens is 242 g/mol. The molecule has 3 nitrogen and oxygen atoms in total. The number of anilines is 1. The molecule has 0 bridgehead atoms. The van der Waals surface area contributed by atoms with Crippen molar-refractivity contribution in [3.63, 3.8) is 0 Å². The van der Waals surface area contributed by atoms with E-state index in [1.54, 1.807) is 11.3 Å². The van der Waals surface area contributed by atoms with Gasteiger partial charge in [0.2, 0.25) is 0 Å². The molecule has 0 atom stereocenters. The molecule has 96 valence electrons. The van der Waals surface area contributed by atoms with Gasteiger partial charge in [-0.25, -0.2) is 9.97 Å². The van der Waals surface area contributed by atoms with Gasteiger partial charge >= 0.3 is 0 Å².